The number of nitrogen functional groups attached to an aromatic ring is 1. The van der Waals surface area contributed by atoms with Gasteiger partial charge in [0.2, 0.25) is 0 Å². The van der Waals surface area contributed by atoms with Gasteiger partial charge in [-0.25, -0.2) is 4.79 Å². The Morgan fingerprint density at radius 3 is 2.53 bits per heavy atom. The Morgan fingerprint density at radius 1 is 1.41 bits per heavy atom. The van der Waals surface area contributed by atoms with Crippen molar-refractivity contribution >= 4 is 17.7 Å². The van der Waals surface area contributed by atoms with E-state index in [0.29, 0.717) is 5.69 Å². The van der Waals surface area contributed by atoms with E-state index in [4.69, 9.17) is 15.6 Å². The number of hydrogen-bond donors (Lipinski definition) is 3. The number of aliphatic carboxylic acids is 1. The normalized spacial score (nSPS) is 11.6. The van der Waals surface area contributed by atoms with Gasteiger partial charge >= 0.3 is 12.1 Å². The number of hydrogen-bond acceptors (Lipinski definition) is 4. The van der Waals surface area contributed by atoms with Crippen LogP contribution in [0.3, 0.4) is 0 Å². The zero-order chi connectivity index (χ0) is 12.8. The molecule has 0 fully saturated rings. The third-order valence-corrected chi connectivity index (χ3v) is 2.05. The molecule has 17 heavy (non-hydrogen) atoms. The van der Waals surface area contributed by atoms with Crippen LogP contribution in [-0.4, -0.2) is 23.2 Å². The van der Waals surface area contributed by atoms with Gasteiger partial charge in [0, 0.05) is 5.69 Å². The number of carbonyl (C=O) groups is 2. The van der Waals surface area contributed by atoms with Gasteiger partial charge in [-0.1, -0.05) is 12.1 Å². The minimum atomic E-state index is -1.12. The third kappa shape index (κ3) is 4.42. The lowest BCUT2D eigenvalue weighted by Crippen LogP contribution is -2.38. The first-order valence-corrected chi connectivity index (χ1v) is 4.99. The third-order valence-electron chi connectivity index (χ3n) is 2.05. The molecule has 1 rings (SSSR count). The summed E-state index contributed by atoms with van der Waals surface area (Å²) in [5, 5.41) is 10.7. The summed E-state index contributed by atoms with van der Waals surface area (Å²) in [4.78, 5) is 21.6. The monoisotopic (exact) mass is 238 g/mol. The smallest absolute Gasteiger partial charge is 0.408 e. The minimum Gasteiger partial charge on any atom is -0.480 e. The predicted octanol–water partition coefficient (Wildman–Crippen LogP) is 0.968. The van der Waals surface area contributed by atoms with Crippen LogP contribution in [0.5, 0.6) is 0 Å². The highest BCUT2D eigenvalue weighted by Gasteiger charge is 2.14. The van der Waals surface area contributed by atoms with Crippen molar-refractivity contribution in [2.24, 2.45) is 0 Å². The van der Waals surface area contributed by atoms with Crippen LogP contribution < -0.4 is 11.1 Å². The maximum absolute atomic E-state index is 11.2. The Morgan fingerprint density at radius 2 is 2.00 bits per heavy atom. The van der Waals surface area contributed by atoms with Crippen molar-refractivity contribution in [3.63, 3.8) is 0 Å². The molecule has 0 bridgehead atoms. The summed E-state index contributed by atoms with van der Waals surface area (Å²) in [7, 11) is 0. The molecule has 0 aliphatic heterocycles. The largest absolute Gasteiger partial charge is 0.480 e. The van der Waals surface area contributed by atoms with Crippen LogP contribution in [0.4, 0.5) is 10.5 Å². The van der Waals surface area contributed by atoms with Crippen molar-refractivity contribution in [3.8, 4) is 0 Å². The lowest BCUT2D eigenvalue weighted by molar-refractivity contribution is -0.138. The first kappa shape index (κ1) is 12.8. The molecular weight excluding hydrogens is 224 g/mol. The number of amides is 1. The Balaban J connectivity index is 2.38. The van der Waals surface area contributed by atoms with E-state index in [-0.39, 0.29) is 6.61 Å². The lowest BCUT2D eigenvalue weighted by atomic mass is 10.2. The zero-order valence-electron chi connectivity index (χ0n) is 9.34. The Hall–Kier alpha value is -2.24. The summed E-state index contributed by atoms with van der Waals surface area (Å²) in [6, 6.07) is 5.85. The summed E-state index contributed by atoms with van der Waals surface area (Å²) < 4.78 is 4.83. The molecule has 0 aliphatic rings. The topological polar surface area (TPSA) is 102 Å². The van der Waals surface area contributed by atoms with E-state index in [1.54, 1.807) is 24.3 Å². The zero-order valence-corrected chi connectivity index (χ0v) is 9.34. The van der Waals surface area contributed by atoms with Gasteiger partial charge < -0.3 is 20.9 Å². The highest BCUT2D eigenvalue weighted by atomic mass is 16.5. The Kier molecular flexibility index (Phi) is 4.33. The van der Waals surface area contributed by atoms with E-state index in [2.05, 4.69) is 5.32 Å². The summed E-state index contributed by atoms with van der Waals surface area (Å²) in [6.07, 6.45) is -0.767. The molecule has 0 saturated heterocycles. The van der Waals surface area contributed by atoms with Crippen LogP contribution >= 0.6 is 0 Å². The van der Waals surface area contributed by atoms with E-state index in [1.807, 2.05) is 0 Å². The molecule has 6 heteroatoms. The van der Waals surface area contributed by atoms with Crippen molar-refractivity contribution in [3.05, 3.63) is 29.8 Å². The number of nitrogens with two attached hydrogens (primary N) is 1. The van der Waals surface area contributed by atoms with E-state index in [0.717, 1.165) is 5.56 Å². The predicted molar refractivity (Wildman–Crippen MR) is 61.3 cm³/mol. The molecule has 6 nitrogen and oxygen atoms in total. The lowest BCUT2D eigenvalue weighted by Gasteiger charge is -2.10. The number of anilines is 1. The van der Waals surface area contributed by atoms with E-state index in [1.165, 1.54) is 6.92 Å². The summed E-state index contributed by atoms with van der Waals surface area (Å²) in [5.74, 6) is -1.12. The average Bonchev–Trinajstić information content (AvgIpc) is 2.28. The number of carbonyl (C=O) groups excluding carboxylic acids is 1. The van der Waals surface area contributed by atoms with Crippen LogP contribution in [0.25, 0.3) is 0 Å². The maximum Gasteiger partial charge on any atom is 0.408 e. The number of nitrogens with one attached hydrogen (secondary N) is 1. The Labute approximate surface area is 98.4 Å². The number of carboxylic acids is 1. The molecule has 0 spiro atoms. The molecule has 92 valence electrons. The van der Waals surface area contributed by atoms with E-state index >= 15 is 0 Å². The molecule has 0 aliphatic carbocycles. The van der Waals surface area contributed by atoms with Crippen LogP contribution in [0, 0.1) is 0 Å². The summed E-state index contributed by atoms with van der Waals surface area (Å²) in [5.41, 5.74) is 6.89. The molecule has 0 aromatic heterocycles. The van der Waals surface area contributed by atoms with Gasteiger partial charge in [0.1, 0.15) is 12.6 Å². The fourth-order valence-electron chi connectivity index (χ4n) is 1.04. The SMILES string of the molecule is C[C@@H](NC(=O)OCc1ccc(N)cc1)C(=O)O. The maximum atomic E-state index is 11.2. The van der Waals surface area contributed by atoms with E-state index < -0.39 is 18.1 Å². The molecule has 1 aromatic rings. The summed E-state index contributed by atoms with van der Waals surface area (Å²) >= 11 is 0. The molecule has 0 heterocycles. The quantitative estimate of drug-likeness (QED) is 0.678. The molecule has 1 amide bonds. The second kappa shape index (κ2) is 5.74. The van der Waals surface area contributed by atoms with Crippen LogP contribution in [0.15, 0.2) is 24.3 Å². The standard InChI is InChI=1S/C11H14N2O4/c1-7(10(14)15)13-11(16)17-6-8-2-4-9(12)5-3-8/h2-5,7H,6,12H2,1H3,(H,13,16)(H,14,15)/t7-/m1/s1. The van der Waals surface area contributed by atoms with Crippen LogP contribution in [-0.2, 0) is 16.1 Å². The van der Waals surface area contributed by atoms with Gasteiger partial charge in [0.15, 0.2) is 0 Å². The van der Waals surface area contributed by atoms with Crippen LogP contribution in [0.1, 0.15) is 12.5 Å². The number of ether oxygens (including phenoxy) is 1. The van der Waals surface area contributed by atoms with E-state index in [9.17, 15) is 9.59 Å². The minimum absolute atomic E-state index is 0.0679. The van der Waals surface area contributed by atoms with Gasteiger partial charge in [-0.2, -0.15) is 0 Å². The fourth-order valence-corrected chi connectivity index (χ4v) is 1.04. The first-order chi connectivity index (χ1) is 7.99. The van der Waals surface area contributed by atoms with Crippen molar-refractivity contribution in [2.75, 3.05) is 5.73 Å². The fraction of sp³-hybridized carbons (Fsp3) is 0.273. The van der Waals surface area contributed by atoms with Crippen molar-refractivity contribution in [2.45, 2.75) is 19.6 Å². The molecule has 1 atom stereocenters. The van der Waals surface area contributed by atoms with Crippen LogP contribution in [0.2, 0.25) is 0 Å². The molecule has 1 aromatic carbocycles. The molecular formula is C11H14N2O4. The van der Waals surface area contributed by atoms with Gasteiger partial charge in [-0.05, 0) is 24.6 Å². The molecule has 0 saturated carbocycles. The van der Waals surface area contributed by atoms with Gasteiger partial charge in [-0.15, -0.1) is 0 Å². The van der Waals surface area contributed by atoms with Crippen molar-refractivity contribution in [1.29, 1.82) is 0 Å². The van der Waals surface area contributed by atoms with Crippen molar-refractivity contribution < 1.29 is 19.4 Å². The second-order valence-corrected chi connectivity index (χ2v) is 3.52. The highest BCUT2D eigenvalue weighted by molar-refractivity contribution is 5.79. The molecule has 0 radical (unpaired) electrons. The molecule has 4 N–H and O–H groups in total. The van der Waals surface area contributed by atoms with Gasteiger partial charge in [-0.3, -0.25) is 4.79 Å². The average molecular weight is 238 g/mol. The Bertz CT molecular complexity index is 402. The number of benzene rings is 1. The number of carboxylic acid groups (broad SMARTS) is 1. The number of rotatable bonds is 4. The van der Waals surface area contributed by atoms with Gasteiger partial charge in [0.25, 0.3) is 0 Å². The summed E-state index contributed by atoms with van der Waals surface area (Å²) in [6.45, 7) is 1.42. The van der Waals surface area contributed by atoms with Crippen molar-refractivity contribution in [1.82, 2.24) is 5.32 Å². The first-order valence-electron chi connectivity index (χ1n) is 4.99. The van der Waals surface area contributed by atoms with Gasteiger partial charge in [0.05, 0.1) is 0 Å². The number of alkyl carbamates (subject to hydrolysis) is 1. The second-order valence-electron chi connectivity index (χ2n) is 3.52. The highest BCUT2D eigenvalue weighted by Crippen LogP contribution is 2.06. The molecule has 0 unspecified atom stereocenters.